The molecule has 0 spiro atoms. The average Bonchev–Trinajstić information content (AvgIpc) is 3.02. The second kappa shape index (κ2) is 5.61. The molecule has 1 aromatic carbocycles. The second-order valence-electron chi connectivity index (χ2n) is 6.44. The number of hydrogen-bond acceptors (Lipinski definition) is 4. The van der Waals surface area contributed by atoms with Crippen molar-refractivity contribution in [2.45, 2.75) is 26.3 Å². The van der Waals surface area contributed by atoms with Gasteiger partial charge in [0.2, 0.25) is 5.90 Å². The predicted octanol–water partition coefficient (Wildman–Crippen LogP) is 3.97. The van der Waals surface area contributed by atoms with Crippen molar-refractivity contribution < 1.29 is 4.74 Å². The largest absolute Gasteiger partial charge is 0.474 e. The molecule has 0 amide bonds. The summed E-state index contributed by atoms with van der Waals surface area (Å²) in [4.78, 5) is 14.0. The quantitative estimate of drug-likeness (QED) is 0.688. The highest BCUT2D eigenvalue weighted by Crippen LogP contribution is 2.23. The van der Waals surface area contributed by atoms with Gasteiger partial charge in [0.25, 0.3) is 0 Å². The Balaban J connectivity index is 1.78. The van der Waals surface area contributed by atoms with Gasteiger partial charge in [-0.1, -0.05) is 38.1 Å². The van der Waals surface area contributed by atoms with Crippen LogP contribution in [-0.2, 0) is 4.74 Å². The van der Waals surface area contributed by atoms with Crippen LogP contribution in [0.2, 0.25) is 0 Å². The molecule has 0 unspecified atom stereocenters. The molecule has 0 fully saturated rings. The molecule has 0 aliphatic carbocycles. The fraction of sp³-hybridized carbons (Fsp3) is 0.316. The van der Waals surface area contributed by atoms with Crippen LogP contribution in [0, 0.1) is 5.92 Å². The molecule has 0 N–H and O–H groups in total. The lowest BCUT2D eigenvalue weighted by atomic mass is 10.1. The molecule has 4 rings (SSSR count). The summed E-state index contributed by atoms with van der Waals surface area (Å²) in [5.74, 6) is 1.27. The van der Waals surface area contributed by atoms with Crippen LogP contribution in [0.3, 0.4) is 0 Å². The monoisotopic (exact) mass is 305 g/mol. The summed E-state index contributed by atoms with van der Waals surface area (Å²) < 4.78 is 5.78. The van der Waals surface area contributed by atoms with E-state index in [0.29, 0.717) is 18.4 Å². The van der Waals surface area contributed by atoms with Crippen LogP contribution in [0.15, 0.2) is 47.6 Å². The molecular formula is C19H19N3O. The summed E-state index contributed by atoms with van der Waals surface area (Å²) >= 11 is 0. The molecule has 0 radical (unpaired) electrons. The third kappa shape index (κ3) is 2.65. The highest BCUT2D eigenvalue weighted by Gasteiger charge is 2.22. The number of pyridine rings is 2. The Labute approximate surface area is 135 Å². The predicted molar refractivity (Wildman–Crippen MR) is 92.8 cm³/mol. The van der Waals surface area contributed by atoms with E-state index < -0.39 is 0 Å². The third-order valence-electron chi connectivity index (χ3n) is 4.11. The molecule has 4 nitrogen and oxygen atoms in total. The second-order valence-corrected chi connectivity index (χ2v) is 6.44. The van der Waals surface area contributed by atoms with E-state index in [1.165, 1.54) is 0 Å². The zero-order valence-electron chi connectivity index (χ0n) is 13.4. The molecule has 1 aliphatic rings. The normalized spacial score (nSPS) is 17.7. The SMILES string of the molecule is CC(C)C[C@H]1COC(c2ccc3ccc4cccnc4c3n2)=N1. The first-order valence-corrected chi connectivity index (χ1v) is 8.06. The van der Waals surface area contributed by atoms with Crippen LogP contribution in [0.1, 0.15) is 26.0 Å². The lowest BCUT2D eigenvalue weighted by Crippen LogP contribution is -2.09. The highest BCUT2D eigenvalue weighted by molar-refractivity contribution is 6.04. The number of benzene rings is 1. The number of rotatable bonds is 3. The van der Waals surface area contributed by atoms with Gasteiger partial charge in [-0.3, -0.25) is 4.98 Å². The molecule has 1 aliphatic heterocycles. The molecule has 116 valence electrons. The molecule has 2 aromatic heterocycles. The van der Waals surface area contributed by atoms with Crippen molar-refractivity contribution in [3.05, 3.63) is 48.3 Å². The molecule has 4 heteroatoms. The van der Waals surface area contributed by atoms with Gasteiger partial charge in [-0.15, -0.1) is 0 Å². The van der Waals surface area contributed by atoms with Gasteiger partial charge in [-0.2, -0.15) is 0 Å². The van der Waals surface area contributed by atoms with E-state index in [0.717, 1.165) is 33.9 Å². The van der Waals surface area contributed by atoms with Crippen LogP contribution in [-0.4, -0.2) is 28.5 Å². The van der Waals surface area contributed by atoms with Gasteiger partial charge in [0.15, 0.2) is 0 Å². The van der Waals surface area contributed by atoms with Crippen LogP contribution in [0.4, 0.5) is 0 Å². The van der Waals surface area contributed by atoms with E-state index in [9.17, 15) is 0 Å². The molecule has 23 heavy (non-hydrogen) atoms. The Hall–Kier alpha value is -2.49. The molecule has 1 atom stereocenters. The van der Waals surface area contributed by atoms with Crippen LogP contribution in [0.5, 0.6) is 0 Å². The Kier molecular flexibility index (Phi) is 3.45. The minimum Gasteiger partial charge on any atom is -0.474 e. The first-order valence-electron chi connectivity index (χ1n) is 8.06. The van der Waals surface area contributed by atoms with E-state index >= 15 is 0 Å². The molecule has 3 heterocycles. The van der Waals surface area contributed by atoms with Crippen molar-refractivity contribution in [2.24, 2.45) is 10.9 Å². The van der Waals surface area contributed by atoms with E-state index in [1.54, 1.807) is 6.20 Å². The average molecular weight is 305 g/mol. The van der Waals surface area contributed by atoms with Gasteiger partial charge < -0.3 is 4.74 Å². The van der Waals surface area contributed by atoms with Crippen LogP contribution < -0.4 is 0 Å². The van der Waals surface area contributed by atoms with Crippen molar-refractivity contribution in [1.29, 1.82) is 0 Å². The number of aromatic nitrogens is 2. The highest BCUT2D eigenvalue weighted by atomic mass is 16.5. The molecule has 3 aromatic rings. The minimum absolute atomic E-state index is 0.244. The standard InChI is InChI=1S/C19H19N3O/c1-12(2)10-15-11-23-19(21-15)16-8-7-14-6-5-13-4-3-9-20-17(13)18(14)22-16/h3-9,12,15H,10-11H2,1-2H3/t15-/m0/s1. The van der Waals surface area contributed by atoms with Gasteiger partial charge in [0.05, 0.1) is 17.1 Å². The summed E-state index contributed by atoms with van der Waals surface area (Å²) in [5.41, 5.74) is 2.62. The van der Waals surface area contributed by atoms with Gasteiger partial charge in [0, 0.05) is 17.0 Å². The third-order valence-corrected chi connectivity index (χ3v) is 4.11. The number of ether oxygens (including phenoxy) is 1. The summed E-state index contributed by atoms with van der Waals surface area (Å²) in [6, 6.07) is 12.4. The van der Waals surface area contributed by atoms with Gasteiger partial charge in [-0.05, 0) is 24.5 Å². The van der Waals surface area contributed by atoms with Crippen molar-refractivity contribution in [3.8, 4) is 0 Å². The molecule has 0 saturated heterocycles. The number of aliphatic imine (C=N–C) groups is 1. The maximum Gasteiger partial charge on any atom is 0.235 e. The van der Waals surface area contributed by atoms with Crippen molar-refractivity contribution in [1.82, 2.24) is 9.97 Å². The van der Waals surface area contributed by atoms with Crippen molar-refractivity contribution in [2.75, 3.05) is 6.61 Å². The van der Waals surface area contributed by atoms with Gasteiger partial charge >= 0.3 is 0 Å². The van der Waals surface area contributed by atoms with Crippen LogP contribution >= 0.6 is 0 Å². The van der Waals surface area contributed by atoms with Crippen molar-refractivity contribution >= 4 is 27.7 Å². The van der Waals surface area contributed by atoms with Crippen LogP contribution in [0.25, 0.3) is 21.8 Å². The Morgan fingerprint density at radius 3 is 2.70 bits per heavy atom. The van der Waals surface area contributed by atoms with E-state index in [1.807, 2.05) is 12.1 Å². The lowest BCUT2D eigenvalue weighted by Gasteiger charge is -2.06. The summed E-state index contributed by atoms with van der Waals surface area (Å²) in [6.45, 7) is 5.07. The number of hydrogen-bond donors (Lipinski definition) is 0. The summed E-state index contributed by atoms with van der Waals surface area (Å²) in [5, 5.41) is 2.17. The summed E-state index contributed by atoms with van der Waals surface area (Å²) in [7, 11) is 0. The Morgan fingerprint density at radius 1 is 1.09 bits per heavy atom. The van der Waals surface area contributed by atoms with E-state index in [-0.39, 0.29) is 6.04 Å². The fourth-order valence-corrected chi connectivity index (χ4v) is 3.06. The van der Waals surface area contributed by atoms with Gasteiger partial charge in [0.1, 0.15) is 12.3 Å². The molecular weight excluding hydrogens is 286 g/mol. The topological polar surface area (TPSA) is 47.4 Å². The number of fused-ring (bicyclic) bond motifs is 3. The first-order chi connectivity index (χ1) is 11.2. The Morgan fingerprint density at radius 2 is 1.87 bits per heavy atom. The lowest BCUT2D eigenvalue weighted by molar-refractivity contribution is 0.301. The minimum atomic E-state index is 0.244. The number of nitrogens with zero attached hydrogens (tertiary/aromatic N) is 3. The zero-order valence-corrected chi connectivity index (χ0v) is 13.4. The maximum atomic E-state index is 5.78. The first kappa shape index (κ1) is 14.1. The van der Waals surface area contributed by atoms with E-state index in [4.69, 9.17) is 14.7 Å². The van der Waals surface area contributed by atoms with Crippen molar-refractivity contribution in [3.63, 3.8) is 0 Å². The summed E-state index contributed by atoms with van der Waals surface area (Å²) in [6.07, 6.45) is 2.85. The fourth-order valence-electron chi connectivity index (χ4n) is 3.06. The van der Waals surface area contributed by atoms with E-state index in [2.05, 4.69) is 43.1 Å². The zero-order chi connectivity index (χ0) is 15.8. The molecule has 0 bridgehead atoms. The molecule has 0 saturated carbocycles. The smallest absolute Gasteiger partial charge is 0.235 e. The Bertz CT molecular complexity index is 901. The van der Waals surface area contributed by atoms with Gasteiger partial charge in [-0.25, -0.2) is 9.98 Å². The maximum absolute atomic E-state index is 5.78.